The first-order chi connectivity index (χ1) is 11.0. The van der Waals surface area contributed by atoms with E-state index in [0.717, 1.165) is 23.1 Å². The number of carbonyl (C=O) groups excluding carboxylic acids is 1. The van der Waals surface area contributed by atoms with Gasteiger partial charge in [0, 0.05) is 30.8 Å². The van der Waals surface area contributed by atoms with Crippen LogP contribution >= 0.6 is 0 Å². The summed E-state index contributed by atoms with van der Waals surface area (Å²) in [7, 11) is 0. The lowest BCUT2D eigenvalue weighted by Crippen LogP contribution is -2.47. The third-order valence-corrected chi connectivity index (χ3v) is 4.16. The molecule has 0 bridgehead atoms. The predicted molar refractivity (Wildman–Crippen MR) is 74.5 cm³/mol. The predicted octanol–water partition coefficient (Wildman–Crippen LogP) is 2.38. The summed E-state index contributed by atoms with van der Waals surface area (Å²) in [6, 6.07) is 3.37. The number of likely N-dealkylation sites (tertiary alicyclic amines) is 1. The SMILES string of the molecule is Cc1cc([N+](=O)[O-])ccc1C(=O)N1CCC(C(=O)O)(C(F)(F)F)C1. The summed E-state index contributed by atoms with van der Waals surface area (Å²) in [4.78, 5) is 34.4. The maximum absolute atomic E-state index is 13.1. The molecule has 1 unspecified atom stereocenters. The van der Waals surface area contributed by atoms with Crippen LogP contribution < -0.4 is 0 Å². The quantitative estimate of drug-likeness (QED) is 0.669. The molecule has 2 rings (SSSR count). The number of benzene rings is 1. The van der Waals surface area contributed by atoms with E-state index in [1.165, 1.54) is 6.92 Å². The zero-order valence-corrected chi connectivity index (χ0v) is 12.5. The summed E-state index contributed by atoms with van der Waals surface area (Å²) in [5, 5.41) is 19.7. The molecule has 1 aliphatic heterocycles. The van der Waals surface area contributed by atoms with Gasteiger partial charge in [-0.15, -0.1) is 0 Å². The fraction of sp³-hybridized carbons (Fsp3) is 0.429. The van der Waals surface area contributed by atoms with Gasteiger partial charge in [0.15, 0.2) is 5.41 Å². The Labute approximate surface area is 133 Å². The molecular weight excluding hydrogens is 333 g/mol. The van der Waals surface area contributed by atoms with E-state index in [1.807, 2.05) is 0 Å². The topological polar surface area (TPSA) is 101 Å². The number of rotatable bonds is 3. The Balaban J connectivity index is 2.30. The van der Waals surface area contributed by atoms with Crippen LogP contribution in [0.2, 0.25) is 0 Å². The van der Waals surface area contributed by atoms with E-state index in [-0.39, 0.29) is 23.4 Å². The number of carbonyl (C=O) groups is 2. The molecule has 1 aliphatic rings. The molecule has 1 amide bonds. The number of aliphatic carboxylic acids is 1. The van der Waals surface area contributed by atoms with Crippen molar-refractivity contribution in [2.45, 2.75) is 19.5 Å². The number of alkyl halides is 3. The molecule has 24 heavy (non-hydrogen) atoms. The molecule has 10 heteroatoms. The van der Waals surface area contributed by atoms with Gasteiger partial charge in [0.2, 0.25) is 0 Å². The van der Waals surface area contributed by atoms with Gasteiger partial charge >= 0.3 is 12.1 Å². The van der Waals surface area contributed by atoms with Crippen molar-refractivity contribution in [3.63, 3.8) is 0 Å². The molecule has 1 heterocycles. The molecular formula is C14H13F3N2O5. The van der Waals surface area contributed by atoms with Crippen molar-refractivity contribution in [2.24, 2.45) is 5.41 Å². The number of carboxylic acid groups (broad SMARTS) is 1. The van der Waals surface area contributed by atoms with E-state index in [1.54, 1.807) is 0 Å². The van der Waals surface area contributed by atoms with Crippen LogP contribution in [0.3, 0.4) is 0 Å². The number of aryl methyl sites for hydroxylation is 1. The Kier molecular flexibility index (Phi) is 4.25. The molecule has 1 fully saturated rings. The van der Waals surface area contributed by atoms with E-state index < -0.39 is 41.4 Å². The zero-order valence-electron chi connectivity index (χ0n) is 12.5. The average Bonchev–Trinajstić information content (AvgIpc) is 2.92. The third kappa shape index (κ3) is 2.79. The molecule has 1 aromatic rings. The summed E-state index contributed by atoms with van der Waals surface area (Å²) in [6.07, 6.45) is -5.72. The van der Waals surface area contributed by atoms with Gasteiger partial charge in [-0.3, -0.25) is 19.7 Å². The summed E-state index contributed by atoms with van der Waals surface area (Å²) in [6.45, 7) is 0.0761. The molecule has 0 aliphatic carbocycles. The van der Waals surface area contributed by atoms with Crippen molar-refractivity contribution in [1.82, 2.24) is 4.90 Å². The molecule has 1 atom stereocenters. The fourth-order valence-corrected chi connectivity index (χ4v) is 2.68. The number of hydrogen-bond acceptors (Lipinski definition) is 4. The number of nitro groups is 1. The highest BCUT2D eigenvalue weighted by Gasteiger charge is 2.64. The molecule has 0 spiro atoms. The number of nitrogens with zero attached hydrogens (tertiary/aromatic N) is 2. The van der Waals surface area contributed by atoms with Gasteiger partial charge in [-0.1, -0.05) is 0 Å². The van der Waals surface area contributed by atoms with Crippen molar-refractivity contribution >= 4 is 17.6 Å². The van der Waals surface area contributed by atoms with Gasteiger partial charge < -0.3 is 10.0 Å². The van der Waals surface area contributed by atoms with Gasteiger partial charge in [0.25, 0.3) is 11.6 Å². The minimum Gasteiger partial charge on any atom is -0.481 e. The van der Waals surface area contributed by atoms with Gasteiger partial charge in [-0.05, 0) is 25.0 Å². The molecule has 0 radical (unpaired) electrons. The van der Waals surface area contributed by atoms with Crippen molar-refractivity contribution in [3.05, 3.63) is 39.4 Å². The Hall–Kier alpha value is -2.65. The number of amides is 1. The Morgan fingerprint density at radius 3 is 2.42 bits per heavy atom. The lowest BCUT2D eigenvalue weighted by Gasteiger charge is -2.27. The van der Waals surface area contributed by atoms with Crippen molar-refractivity contribution in [3.8, 4) is 0 Å². The summed E-state index contributed by atoms with van der Waals surface area (Å²) in [5.41, 5.74) is -3.00. The third-order valence-electron chi connectivity index (χ3n) is 4.16. The van der Waals surface area contributed by atoms with Crippen LogP contribution in [0.1, 0.15) is 22.3 Å². The maximum atomic E-state index is 13.1. The van der Waals surface area contributed by atoms with Gasteiger partial charge in [-0.2, -0.15) is 13.2 Å². The van der Waals surface area contributed by atoms with Crippen LogP contribution in [0.4, 0.5) is 18.9 Å². The Morgan fingerprint density at radius 2 is 2.00 bits per heavy atom. The van der Waals surface area contributed by atoms with Crippen molar-refractivity contribution in [2.75, 3.05) is 13.1 Å². The maximum Gasteiger partial charge on any atom is 0.406 e. The highest BCUT2D eigenvalue weighted by atomic mass is 19.4. The van der Waals surface area contributed by atoms with Crippen LogP contribution in [0, 0.1) is 22.5 Å². The van der Waals surface area contributed by atoms with E-state index in [9.17, 15) is 32.9 Å². The molecule has 7 nitrogen and oxygen atoms in total. The number of halogens is 3. The van der Waals surface area contributed by atoms with Gasteiger partial charge in [0.05, 0.1) is 4.92 Å². The van der Waals surface area contributed by atoms with Crippen LogP contribution in [0.15, 0.2) is 18.2 Å². The normalized spacial score (nSPS) is 20.9. The monoisotopic (exact) mass is 346 g/mol. The summed E-state index contributed by atoms with van der Waals surface area (Å²) >= 11 is 0. The van der Waals surface area contributed by atoms with Crippen LogP contribution in [0.25, 0.3) is 0 Å². The van der Waals surface area contributed by atoms with Crippen LogP contribution in [0.5, 0.6) is 0 Å². The Bertz CT molecular complexity index is 719. The largest absolute Gasteiger partial charge is 0.481 e. The lowest BCUT2D eigenvalue weighted by molar-refractivity contribution is -0.384. The second-order valence-electron chi connectivity index (χ2n) is 5.62. The standard InChI is InChI=1S/C14H13F3N2O5/c1-8-6-9(19(23)24)2-3-10(8)11(20)18-5-4-13(7-18,12(21)22)14(15,16)17/h2-3,6H,4-5,7H2,1H3,(H,21,22). The molecule has 0 saturated carbocycles. The first-order valence-corrected chi connectivity index (χ1v) is 6.84. The number of non-ortho nitro benzene ring substituents is 1. The van der Waals surface area contributed by atoms with E-state index >= 15 is 0 Å². The van der Waals surface area contributed by atoms with E-state index in [4.69, 9.17) is 5.11 Å². The van der Waals surface area contributed by atoms with E-state index in [0.29, 0.717) is 0 Å². The molecule has 1 saturated heterocycles. The first-order valence-electron chi connectivity index (χ1n) is 6.84. The van der Waals surface area contributed by atoms with E-state index in [2.05, 4.69) is 0 Å². The van der Waals surface area contributed by atoms with Gasteiger partial charge in [0.1, 0.15) is 0 Å². The lowest BCUT2D eigenvalue weighted by atomic mass is 9.86. The minimum atomic E-state index is -4.99. The summed E-state index contributed by atoms with van der Waals surface area (Å²) < 4.78 is 39.4. The van der Waals surface area contributed by atoms with Crippen molar-refractivity contribution in [1.29, 1.82) is 0 Å². The molecule has 1 N–H and O–H groups in total. The average molecular weight is 346 g/mol. The highest BCUT2D eigenvalue weighted by molar-refractivity contribution is 5.96. The van der Waals surface area contributed by atoms with Crippen molar-refractivity contribution < 1.29 is 32.8 Å². The fourth-order valence-electron chi connectivity index (χ4n) is 2.68. The molecule has 1 aromatic carbocycles. The highest BCUT2D eigenvalue weighted by Crippen LogP contribution is 2.46. The first kappa shape index (κ1) is 17.7. The molecule has 130 valence electrons. The number of nitro benzene ring substituents is 1. The van der Waals surface area contributed by atoms with Gasteiger partial charge in [-0.25, -0.2) is 0 Å². The van der Waals surface area contributed by atoms with Crippen LogP contribution in [-0.4, -0.2) is 46.1 Å². The minimum absolute atomic E-state index is 0.00367. The summed E-state index contributed by atoms with van der Waals surface area (Å²) in [5.74, 6) is -2.81. The molecule has 0 aromatic heterocycles. The Morgan fingerprint density at radius 1 is 1.38 bits per heavy atom. The zero-order chi connectivity index (χ0) is 18.3. The smallest absolute Gasteiger partial charge is 0.406 e. The number of hydrogen-bond donors (Lipinski definition) is 1. The van der Waals surface area contributed by atoms with Crippen LogP contribution in [-0.2, 0) is 4.79 Å². The number of carboxylic acids is 1. The second-order valence-corrected chi connectivity index (χ2v) is 5.62. The second kappa shape index (κ2) is 5.77.